The van der Waals surface area contributed by atoms with Crippen LogP contribution in [0.25, 0.3) is 22.0 Å². The minimum atomic E-state index is 0.694. The normalized spacial score (nSPS) is 10.5. The Kier molecular flexibility index (Phi) is 4.31. The maximum Gasteiger partial charge on any atom is 0.148 e. The van der Waals surface area contributed by atoms with Crippen LogP contribution in [0.2, 0.25) is 0 Å². The van der Waals surface area contributed by atoms with Gasteiger partial charge in [-0.05, 0) is 30.7 Å². The fourth-order valence-corrected chi connectivity index (χ4v) is 3.36. The largest absolute Gasteiger partial charge is 0.341 e. The molecule has 4 nitrogen and oxygen atoms in total. The van der Waals surface area contributed by atoms with Gasteiger partial charge in [-0.15, -0.1) is 11.3 Å². The van der Waals surface area contributed by atoms with Crippen molar-refractivity contribution < 1.29 is 0 Å². The molecule has 21 heavy (non-hydrogen) atoms. The van der Waals surface area contributed by atoms with E-state index in [2.05, 4.69) is 38.6 Å². The molecule has 0 aliphatic heterocycles. The van der Waals surface area contributed by atoms with Crippen LogP contribution in [-0.2, 0) is 6.42 Å². The fourth-order valence-electron chi connectivity index (χ4n) is 2.07. The van der Waals surface area contributed by atoms with Gasteiger partial charge in [-0.3, -0.25) is 4.98 Å². The van der Waals surface area contributed by atoms with Gasteiger partial charge in [0, 0.05) is 28.1 Å². The summed E-state index contributed by atoms with van der Waals surface area (Å²) in [6, 6.07) is 9.84. The Morgan fingerprint density at radius 3 is 2.90 bits per heavy atom. The zero-order chi connectivity index (χ0) is 14.7. The second kappa shape index (κ2) is 6.37. The maximum absolute atomic E-state index is 8.94. The first-order valence-electron chi connectivity index (χ1n) is 6.37. The molecule has 3 aromatic heterocycles. The molecule has 0 bridgehead atoms. The highest BCUT2D eigenvalue weighted by molar-refractivity contribution is 14.1. The third kappa shape index (κ3) is 2.99. The smallest absolute Gasteiger partial charge is 0.148 e. The SMILES string of the molecule is N#Cc1ccc(-c2nc(-c3cccnc3)c(CCI)[nH]2)s1. The van der Waals surface area contributed by atoms with Crippen molar-refractivity contribution in [2.45, 2.75) is 6.42 Å². The molecule has 3 heterocycles. The zero-order valence-corrected chi connectivity index (χ0v) is 14.0. The van der Waals surface area contributed by atoms with E-state index in [1.807, 2.05) is 30.5 Å². The van der Waals surface area contributed by atoms with Gasteiger partial charge in [-0.25, -0.2) is 4.98 Å². The van der Waals surface area contributed by atoms with Crippen molar-refractivity contribution in [2.75, 3.05) is 4.43 Å². The molecule has 0 spiro atoms. The summed E-state index contributed by atoms with van der Waals surface area (Å²) in [7, 11) is 0. The van der Waals surface area contributed by atoms with Crippen LogP contribution in [0.5, 0.6) is 0 Å². The highest BCUT2D eigenvalue weighted by Crippen LogP contribution is 2.30. The summed E-state index contributed by atoms with van der Waals surface area (Å²) in [5.74, 6) is 0.820. The summed E-state index contributed by atoms with van der Waals surface area (Å²) in [5, 5.41) is 8.94. The Morgan fingerprint density at radius 1 is 1.33 bits per heavy atom. The van der Waals surface area contributed by atoms with Crippen molar-refractivity contribution in [2.24, 2.45) is 0 Å². The summed E-state index contributed by atoms with van der Waals surface area (Å²) in [6.07, 6.45) is 4.51. The summed E-state index contributed by atoms with van der Waals surface area (Å²) in [4.78, 5) is 14.0. The van der Waals surface area contributed by atoms with Gasteiger partial charge in [0.15, 0.2) is 0 Å². The van der Waals surface area contributed by atoms with Crippen molar-refractivity contribution in [3.05, 3.63) is 47.2 Å². The van der Waals surface area contributed by atoms with Gasteiger partial charge >= 0.3 is 0 Å². The molecule has 0 aliphatic rings. The predicted octanol–water partition coefficient (Wildman–Crippen LogP) is 4.05. The first-order valence-corrected chi connectivity index (χ1v) is 8.71. The topological polar surface area (TPSA) is 65.4 Å². The number of thiophene rings is 1. The van der Waals surface area contributed by atoms with Gasteiger partial charge in [0.2, 0.25) is 0 Å². The van der Waals surface area contributed by atoms with Crippen LogP contribution in [0.3, 0.4) is 0 Å². The lowest BCUT2D eigenvalue weighted by Crippen LogP contribution is -1.90. The number of aryl methyl sites for hydroxylation is 1. The van der Waals surface area contributed by atoms with E-state index in [4.69, 9.17) is 10.2 Å². The quantitative estimate of drug-likeness (QED) is 0.525. The first kappa shape index (κ1) is 14.2. The number of nitrogens with zero attached hydrogens (tertiary/aromatic N) is 3. The summed E-state index contributed by atoms with van der Waals surface area (Å²) < 4.78 is 1.01. The van der Waals surface area contributed by atoms with E-state index in [1.165, 1.54) is 11.3 Å². The number of alkyl halides is 1. The van der Waals surface area contributed by atoms with Crippen LogP contribution in [0.4, 0.5) is 0 Å². The Hall–Kier alpha value is -1.72. The first-order chi connectivity index (χ1) is 10.3. The Balaban J connectivity index is 2.06. The standard InChI is InChI=1S/C15H11IN4S/c16-6-5-12-14(10-2-1-7-18-9-10)20-15(19-12)13-4-3-11(8-17)21-13/h1-4,7,9H,5-6H2,(H,19,20). The number of nitriles is 1. The number of hydrogen-bond acceptors (Lipinski definition) is 4. The second-order valence-corrected chi connectivity index (χ2v) is 6.53. The highest BCUT2D eigenvalue weighted by Gasteiger charge is 2.14. The highest BCUT2D eigenvalue weighted by atomic mass is 127. The van der Waals surface area contributed by atoms with E-state index >= 15 is 0 Å². The third-order valence-corrected chi connectivity index (χ3v) is 4.54. The number of pyridine rings is 1. The van der Waals surface area contributed by atoms with Crippen molar-refractivity contribution in [1.29, 1.82) is 5.26 Å². The maximum atomic E-state index is 8.94. The minimum Gasteiger partial charge on any atom is -0.341 e. The molecule has 0 unspecified atom stereocenters. The van der Waals surface area contributed by atoms with Gasteiger partial charge in [0.1, 0.15) is 16.8 Å². The molecular formula is C15H11IN4S. The lowest BCUT2D eigenvalue weighted by molar-refractivity contribution is 1.10. The van der Waals surface area contributed by atoms with Crippen LogP contribution >= 0.6 is 33.9 Å². The molecule has 3 rings (SSSR count). The molecular weight excluding hydrogens is 395 g/mol. The lowest BCUT2D eigenvalue weighted by atomic mass is 10.1. The van der Waals surface area contributed by atoms with Gasteiger partial charge in [-0.1, -0.05) is 22.6 Å². The van der Waals surface area contributed by atoms with E-state index in [9.17, 15) is 0 Å². The summed E-state index contributed by atoms with van der Waals surface area (Å²) in [5.41, 5.74) is 3.07. The number of halogens is 1. The van der Waals surface area contributed by atoms with Crippen molar-refractivity contribution >= 4 is 33.9 Å². The summed E-state index contributed by atoms with van der Waals surface area (Å²) >= 11 is 3.81. The van der Waals surface area contributed by atoms with Crippen molar-refractivity contribution in [3.63, 3.8) is 0 Å². The molecule has 0 saturated heterocycles. The fraction of sp³-hybridized carbons (Fsp3) is 0.133. The van der Waals surface area contributed by atoms with E-state index in [0.29, 0.717) is 4.88 Å². The average Bonchev–Trinajstić information content (AvgIpc) is 3.15. The Morgan fingerprint density at radius 2 is 2.24 bits per heavy atom. The van der Waals surface area contributed by atoms with Gasteiger partial charge in [0.25, 0.3) is 0 Å². The molecule has 0 radical (unpaired) electrons. The van der Waals surface area contributed by atoms with E-state index in [0.717, 1.165) is 38.5 Å². The monoisotopic (exact) mass is 406 g/mol. The Labute approximate surface area is 140 Å². The van der Waals surface area contributed by atoms with Crippen molar-refractivity contribution in [3.8, 4) is 28.0 Å². The molecule has 0 amide bonds. The molecule has 6 heteroatoms. The van der Waals surface area contributed by atoms with E-state index < -0.39 is 0 Å². The predicted molar refractivity (Wildman–Crippen MR) is 92.4 cm³/mol. The van der Waals surface area contributed by atoms with E-state index in [-0.39, 0.29) is 0 Å². The van der Waals surface area contributed by atoms with Crippen LogP contribution in [0, 0.1) is 11.3 Å². The number of aromatic nitrogens is 3. The zero-order valence-electron chi connectivity index (χ0n) is 11.0. The summed E-state index contributed by atoms with van der Waals surface area (Å²) in [6.45, 7) is 0. The minimum absolute atomic E-state index is 0.694. The van der Waals surface area contributed by atoms with Crippen LogP contribution < -0.4 is 0 Å². The molecule has 0 fully saturated rings. The molecule has 0 saturated carbocycles. The number of H-pyrrole nitrogens is 1. The van der Waals surface area contributed by atoms with Crippen LogP contribution in [0.1, 0.15) is 10.6 Å². The molecule has 0 aromatic carbocycles. The number of rotatable bonds is 4. The lowest BCUT2D eigenvalue weighted by Gasteiger charge is -1.99. The number of nitrogens with one attached hydrogen (secondary N) is 1. The molecule has 104 valence electrons. The second-order valence-electron chi connectivity index (χ2n) is 4.37. The molecule has 0 atom stereocenters. The average molecular weight is 406 g/mol. The van der Waals surface area contributed by atoms with Crippen LogP contribution in [0.15, 0.2) is 36.7 Å². The molecule has 0 aliphatic carbocycles. The Bertz CT molecular complexity index is 786. The number of hydrogen-bond donors (Lipinski definition) is 1. The van der Waals surface area contributed by atoms with Crippen molar-refractivity contribution in [1.82, 2.24) is 15.0 Å². The molecule has 3 aromatic rings. The van der Waals surface area contributed by atoms with Gasteiger partial charge in [0.05, 0.1) is 10.6 Å². The number of imidazole rings is 1. The molecule has 1 N–H and O–H groups in total. The van der Waals surface area contributed by atoms with Gasteiger partial charge in [-0.2, -0.15) is 5.26 Å². The van der Waals surface area contributed by atoms with E-state index in [1.54, 1.807) is 6.20 Å². The third-order valence-electron chi connectivity index (χ3n) is 3.01. The van der Waals surface area contributed by atoms with Crippen LogP contribution in [-0.4, -0.2) is 19.4 Å². The van der Waals surface area contributed by atoms with Gasteiger partial charge < -0.3 is 4.98 Å². The number of aromatic amines is 1.